The molecule has 0 saturated heterocycles. The van der Waals surface area contributed by atoms with E-state index in [1.807, 2.05) is 19.1 Å². The van der Waals surface area contributed by atoms with Gasteiger partial charge in [0.25, 0.3) is 0 Å². The number of benzene rings is 2. The Bertz CT molecular complexity index is 617. The van der Waals surface area contributed by atoms with Crippen LogP contribution in [0.1, 0.15) is 24.2 Å². The van der Waals surface area contributed by atoms with Crippen LogP contribution in [-0.2, 0) is 0 Å². The van der Waals surface area contributed by atoms with Crippen molar-refractivity contribution >= 4 is 5.69 Å². The van der Waals surface area contributed by atoms with Crippen LogP contribution < -0.4 is 10.5 Å². The molecule has 19 heavy (non-hydrogen) atoms. The molecule has 0 amide bonds. The Labute approximate surface area is 111 Å². The maximum atomic E-state index is 13.4. The van der Waals surface area contributed by atoms with Crippen LogP contribution in [0.25, 0.3) is 0 Å². The summed E-state index contributed by atoms with van der Waals surface area (Å²) >= 11 is 0. The number of halogens is 1. The van der Waals surface area contributed by atoms with E-state index in [1.54, 1.807) is 24.3 Å². The molecule has 2 aromatic rings. The van der Waals surface area contributed by atoms with Gasteiger partial charge in [0, 0.05) is 11.8 Å². The van der Waals surface area contributed by atoms with Gasteiger partial charge in [-0.05, 0) is 36.8 Å². The number of ether oxygens (including phenoxy) is 1. The summed E-state index contributed by atoms with van der Waals surface area (Å²) in [5.41, 5.74) is 7.24. The Balaban J connectivity index is 2.15. The molecule has 0 aliphatic rings. The first-order valence-corrected chi connectivity index (χ1v) is 5.82. The topological polar surface area (TPSA) is 59.0 Å². The van der Waals surface area contributed by atoms with Crippen molar-refractivity contribution in [1.82, 2.24) is 0 Å². The van der Waals surface area contributed by atoms with Gasteiger partial charge in [-0.3, -0.25) is 0 Å². The number of anilines is 1. The van der Waals surface area contributed by atoms with Crippen LogP contribution in [0.2, 0.25) is 0 Å². The van der Waals surface area contributed by atoms with Gasteiger partial charge in [0.2, 0.25) is 0 Å². The summed E-state index contributed by atoms with van der Waals surface area (Å²) in [5, 5.41) is 8.65. The summed E-state index contributed by atoms with van der Waals surface area (Å²) in [5.74, 6) is -0.190. The second-order valence-electron chi connectivity index (χ2n) is 4.18. The minimum absolute atomic E-state index is 0.00693. The summed E-state index contributed by atoms with van der Waals surface area (Å²) in [6.45, 7) is 1.86. The van der Waals surface area contributed by atoms with E-state index in [4.69, 9.17) is 15.7 Å². The zero-order valence-corrected chi connectivity index (χ0v) is 10.4. The Hall–Kier alpha value is -2.54. The first-order valence-electron chi connectivity index (χ1n) is 5.82. The molecule has 0 heterocycles. The SMILES string of the molecule is CC(Oc1ccc(C#N)c(F)c1)c1ccc(N)cc1. The smallest absolute Gasteiger partial charge is 0.144 e. The Morgan fingerprint density at radius 1 is 1.21 bits per heavy atom. The number of rotatable bonds is 3. The summed E-state index contributed by atoms with van der Waals surface area (Å²) in [6.07, 6.45) is -0.229. The average molecular weight is 256 g/mol. The lowest BCUT2D eigenvalue weighted by Gasteiger charge is -2.15. The lowest BCUT2D eigenvalue weighted by atomic mass is 10.1. The number of hydrogen-bond donors (Lipinski definition) is 1. The highest BCUT2D eigenvalue weighted by molar-refractivity contribution is 5.40. The molecule has 2 rings (SSSR count). The van der Waals surface area contributed by atoms with E-state index in [2.05, 4.69) is 0 Å². The standard InChI is InChI=1S/C15H13FN2O/c1-10(11-2-5-13(18)6-3-11)19-14-7-4-12(9-17)15(16)8-14/h2-8,10H,18H2,1H3. The molecule has 0 bridgehead atoms. The monoisotopic (exact) mass is 256 g/mol. The predicted molar refractivity (Wildman–Crippen MR) is 71.0 cm³/mol. The van der Waals surface area contributed by atoms with Crippen LogP contribution in [0.4, 0.5) is 10.1 Å². The fraction of sp³-hybridized carbons (Fsp3) is 0.133. The van der Waals surface area contributed by atoms with Gasteiger partial charge >= 0.3 is 0 Å². The van der Waals surface area contributed by atoms with Crippen LogP contribution in [-0.4, -0.2) is 0 Å². The van der Waals surface area contributed by atoms with E-state index in [9.17, 15) is 4.39 Å². The van der Waals surface area contributed by atoms with E-state index < -0.39 is 5.82 Å². The van der Waals surface area contributed by atoms with E-state index in [0.29, 0.717) is 11.4 Å². The van der Waals surface area contributed by atoms with E-state index >= 15 is 0 Å². The average Bonchev–Trinajstić information content (AvgIpc) is 2.39. The van der Waals surface area contributed by atoms with Crippen molar-refractivity contribution in [2.24, 2.45) is 0 Å². The van der Waals surface area contributed by atoms with Gasteiger partial charge in [0.05, 0.1) is 5.56 Å². The van der Waals surface area contributed by atoms with Crippen molar-refractivity contribution in [3.8, 4) is 11.8 Å². The molecule has 96 valence electrons. The zero-order valence-electron chi connectivity index (χ0n) is 10.4. The van der Waals surface area contributed by atoms with Crippen molar-refractivity contribution in [1.29, 1.82) is 5.26 Å². The third-order valence-corrected chi connectivity index (χ3v) is 2.78. The van der Waals surface area contributed by atoms with Crippen molar-refractivity contribution in [2.75, 3.05) is 5.73 Å². The summed E-state index contributed by atoms with van der Waals surface area (Å²) in [4.78, 5) is 0. The molecular weight excluding hydrogens is 243 g/mol. The predicted octanol–water partition coefficient (Wildman–Crippen LogP) is 3.42. The molecule has 0 spiro atoms. The number of nitriles is 1. The lowest BCUT2D eigenvalue weighted by molar-refractivity contribution is 0.226. The molecular formula is C15H13FN2O. The van der Waals surface area contributed by atoms with E-state index in [0.717, 1.165) is 5.56 Å². The molecule has 0 aromatic heterocycles. The third kappa shape index (κ3) is 3.02. The quantitative estimate of drug-likeness (QED) is 0.856. The molecule has 0 saturated carbocycles. The van der Waals surface area contributed by atoms with Gasteiger partial charge in [-0.15, -0.1) is 0 Å². The minimum atomic E-state index is -0.579. The van der Waals surface area contributed by atoms with E-state index in [-0.39, 0.29) is 11.7 Å². The first-order chi connectivity index (χ1) is 9.10. The maximum Gasteiger partial charge on any atom is 0.144 e. The molecule has 1 unspecified atom stereocenters. The van der Waals surface area contributed by atoms with Crippen molar-refractivity contribution in [2.45, 2.75) is 13.0 Å². The molecule has 1 atom stereocenters. The van der Waals surface area contributed by atoms with E-state index in [1.165, 1.54) is 12.1 Å². The van der Waals surface area contributed by atoms with Crippen molar-refractivity contribution in [3.63, 3.8) is 0 Å². The molecule has 4 heteroatoms. The second-order valence-corrected chi connectivity index (χ2v) is 4.18. The summed E-state index contributed by atoms with van der Waals surface area (Å²) < 4.78 is 19.1. The van der Waals surface area contributed by atoms with Crippen LogP contribution in [0.15, 0.2) is 42.5 Å². The Morgan fingerprint density at radius 2 is 1.89 bits per heavy atom. The van der Waals surface area contributed by atoms with Crippen LogP contribution in [0.5, 0.6) is 5.75 Å². The molecule has 0 fully saturated rings. The maximum absolute atomic E-state index is 13.4. The molecule has 0 aliphatic carbocycles. The highest BCUT2D eigenvalue weighted by Gasteiger charge is 2.09. The minimum Gasteiger partial charge on any atom is -0.486 e. The Kier molecular flexibility index (Phi) is 3.67. The lowest BCUT2D eigenvalue weighted by Crippen LogP contribution is -2.03. The molecule has 3 nitrogen and oxygen atoms in total. The molecule has 2 aromatic carbocycles. The van der Waals surface area contributed by atoms with Crippen molar-refractivity contribution < 1.29 is 9.13 Å². The zero-order chi connectivity index (χ0) is 13.8. The van der Waals surface area contributed by atoms with Gasteiger partial charge in [-0.25, -0.2) is 4.39 Å². The Morgan fingerprint density at radius 3 is 2.47 bits per heavy atom. The van der Waals surface area contributed by atoms with Gasteiger partial charge in [0.1, 0.15) is 23.7 Å². The first kappa shape index (κ1) is 12.9. The summed E-state index contributed by atoms with van der Waals surface area (Å²) in [7, 11) is 0. The normalized spacial score (nSPS) is 11.6. The number of nitrogens with two attached hydrogens (primary N) is 1. The van der Waals surface area contributed by atoms with Crippen molar-refractivity contribution in [3.05, 3.63) is 59.4 Å². The fourth-order valence-corrected chi connectivity index (χ4v) is 1.70. The van der Waals surface area contributed by atoms with Gasteiger partial charge in [0.15, 0.2) is 0 Å². The molecule has 2 N–H and O–H groups in total. The second kappa shape index (κ2) is 5.40. The van der Waals surface area contributed by atoms with Gasteiger partial charge in [-0.2, -0.15) is 5.26 Å². The number of hydrogen-bond acceptors (Lipinski definition) is 3. The number of nitrogen functional groups attached to an aromatic ring is 1. The highest BCUT2D eigenvalue weighted by Crippen LogP contribution is 2.24. The largest absolute Gasteiger partial charge is 0.486 e. The van der Waals surface area contributed by atoms with Crippen LogP contribution in [0, 0.1) is 17.1 Å². The fourth-order valence-electron chi connectivity index (χ4n) is 1.70. The molecule has 0 radical (unpaired) electrons. The molecule has 0 aliphatic heterocycles. The highest BCUT2D eigenvalue weighted by atomic mass is 19.1. The van der Waals surface area contributed by atoms with Crippen LogP contribution >= 0.6 is 0 Å². The van der Waals surface area contributed by atoms with Gasteiger partial charge < -0.3 is 10.5 Å². The van der Waals surface area contributed by atoms with Gasteiger partial charge in [-0.1, -0.05) is 12.1 Å². The third-order valence-electron chi connectivity index (χ3n) is 2.78. The number of nitrogens with zero attached hydrogens (tertiary/aromatic N) is 1. The summed E-state index contributed by atoms with van der Waals surface area (Å²) in [6, 6.07) is 13.3. The van der Waals surface area contributed by atoms with Crippen LogP contribution in [0.3, 0.4) is 0 Å².